The molecule has 0 unspecified atom stereocenters. The molecule has 0 aromatic heterocycles. The maximum Gasteiger partial charge on any atom is 0.222 e. The molecule has 10 atom stereocenters. The first-order valence-corrected chi connectivity index (χ1v) is 22.8. The molecule has 2 N–H and O–H groups in total. The van der Waals surface area contributed by atoms with Crippen molar-refractivity contribution in [1.29, 1.82) is 0 Å². The summed E-state index contributed by atoms with van der Waals surface area (Å²) in [6.07, 6.45) is -4.11. The monoisotopic (exact) mass is 914 g/mol. The Morgan fingerprint density at radius 2 is 0.821 bits per heavy atom. The van der Waals surface area contributed by atoms with Gasteiger partial charge in [0.1, 0.15) is 48.7 Å². The summed E-state index contributed by atoms with van der Waals surface area (Å²) in [5, 5.41) is 6.15. The van der Waals surface area contributed by atoms with Crippen LogP contribution in [0.2, 0.25) is 0 Å². The molecule has 13 heteroatoms. The van der Waals surface area contributed by atoms with Crippen molar-refractivity contribution in [1.82, 2.24) is 10.6 Å². The zero-order valence-electron chi connectivity index (χ0n) is 38.3. The highest BCUT2D eigenvalue weighted by Gasteiger charge is 2.54. The standard InChI is InChI=1S/C54H62N2O11/c1-4-30-61-53-47(55-38(2)57)52(64-35-44-28-18-9-19-29-44)50(46(65-53)37-60-32-41-22-12-6-13-23-41)67-54-48(56-39(3)58)51(63-34-43-26-16-8-17-27-43)49(62-33-42-24-14-7-15-25-42)45(66-54)36-59-31-40-20-10-5-11-21-40/h4-30,45-54H,31-37H2,1-3H3,(H,55,57)(H,56,58)/b30-4+/t45-,46-,47-,48-,49-,50-,51-,52-,53-,54+/m1/s1. The van der Waals surface area contributed by atoms with Gasteiger partial charge in [-0.25, -0.2) is 0 Å². The minimum absolute atomic E-state index is 0.0329. The molecule has 5 aromatic carbocycles. The largest absolute Gasteiger partial charge is 0.471 e. The van der Waals surface area contributed by atoms with Gasteiger partial charge < -0.3 is 53.3 Å². The lowest BCUT2D eigenvalue weighted by Crippen LogP contribution is -2.70. The molecule has 354 valence electrons. The van der Waals surface area contributed by atoms with Gasteiger partial charge in [0, 0.05) is 13.8 Å². The maximum atomic E-state index is 13.4. The van der Waals surface area contributed by atoms with Crippen LogP contribution in [0.25, 0.3) is 0 Å². The molecule has 0 saturated carbocycles. The number of amides is 2. The number of carbonyl (C=O) groups excluding carboxylic acids is 2. The molecule has 0 spiro atoms. The fourth-order valence-electron chi connectivity index (χ4n) is 8.19. The molecule has 2 aliphatic heterocycles. The van der Waals surface area contributed by atoms with Crippen LogP contribution in [0.1, 0.15) is 48.6 Å². The lowest BCUT2D eigenvalue weighted by atomic mass is 9.93. The number of nitrogens with one attached hydrogen (secondary N) is 2. The minimum Gasteiger partial charge on any atom is -0.471 e. The molecule has 5 aromatic rings. The molecule has 0 bridgehead atoms. The predicted octanol–water partition coefficient (Wildman–Crippen LogP) is 7.57. The van der Waals surface area contributed by atoms with Gasteiger partial charge in [-0.05, 0) is 34.7 Å². The number of ether oxygens (including phenoxy) is 9. The fourth-order valence-corrected chi connectivity index (χ4v) is 8.19. The Balaban J connectivity index is 1.28. The van der Waals surface area contributed by atoms with E-state index in [0.29, 0.717) is 6.61 Å². The number of carbonyl (C=O) groups is 2. The van der Waals surface area contributed by atoms with Crippen molar-refractivity contribution in [3.05, 3.63) is 192 Å². The third kappa shape index (κ3) is 14.9. The van der Waals surface area contributed by atoms with Gasteiger partial charge in [-0.1, -0.05) is 158 Å². The molecule has 2 fully saturated rings. The van der Waals surface area contributed by atoms with Crippen molar-refractivity contribution < 1.29 is 52.2 Å². The summed E-state index contributed by atoms with van der Waals surface area (Å²) in [4.78, 5) is 26.4. The summed E-state index contributed by atoms with van der Waals surface area (Å²) in [6, 6.07) is 47.2. The highest BCUT2D eigenvalue weighted by molar-refractivity contribution is 5.73. The van der Waals surface area contributed by atoms with E-state index in [1.54, 1.807) is 6.08 Å². The Morgan fingerprint density at radius 1 is 0.478 bits per heavy atom. The van der Waals surface area contributed by atoms with Crippen LogP contribution < -0.4 is 10.6 Å². The summed E-state index contributed by atoms with van der Waals surface area (Å²) in [5.74, 6) is -0.673. The molecule has 2 heterocycles. The van der Waals surface area contributed by atoms with E-state index in [1.165, 1.54) is 20.1 Å². The SMILES string of the molecule is C/C=C/O[C@@H]1O[C@H](COCc2ccccc2)[C@@H](O[C@@H]2O[C@H](COCc3ccccc3)[C@@H](OCc3ccccc3)[C@H](OCc3ccccc3)[C@H]2NC(C)=O)[C@H](OCc2ccccc2)[C@H]1NC(C)=O. The quantitative estimate of drug-likeness (QED) is 0.0628. The first-order chi connectivity index (χ1) is 32.8. The van der Waals surface area contributed by atoms with Gasteiger partial charge in [0.25, 0.3) is 0 Å². The van der Waals surface area contributed by atoms with Crippen LogP contribution in [0, 0.1) is 0 Å². The minimum atomic E-state index is -1.20. The number of allylic oxidation sites excluding steroid dienone is 1. The molecule has 2 amide bonds. The van der Waals surface area contributed by atoms with Gasteiger partial charge in [0.05, 0.1) is 52.5 Å². The topological polar surface area (TPSA) is 141 Å². The zero-order chi connectivity index (χ0) is 46.6. The lowest BCUT2D eigenvalue weighted by Gasteiger charge is -2.50. The van der Waals surface area contributed by atoms with Gasteiger partial charge in [0.2, 0.25) is 18.1 Å². The lowest BCUT2D eigenvalue weighted by molar-refractivity contribution is -0.340. The molecule has 67 heavy (non-hydrogen) atoms. The highest BCUT2D eigenvalue weighted by Crippen LogP contribution is 2.35. The van der Waals surface area contributed by atoms with Crippen LogP contribution in [0.3, 0.4) is 0 Å². The first-order valence-electron chi connectivity index (χ1n) is 22.8. The molecule has 13 nitrogen and oxygen atoms in total. The second-order valence-corrected chi connectivity index (χ2v) is 16.5. The maximum absolute atomic E-state index is 13.4. The van der Waals surface area contributed by atoms with Crippen molar-refractivity contribution in [2.45, 2.75) is 115 Å². The van der Waals surface area contributed by atoms with E-state index >= 15 is 0 Å². The fraction of sp³-hybridized carbons (Fsp3) is 0.370. The number of hydrogen-bond donors (Lipinski definition) is 2. The Kier molecular flexibility index (Phi) is 19.1. The van der Waals surface area contributed by atoms with Crippen molar-refractivity contribution >= 4 is 11.8 Å². The summed E-state index contributed by atoms with van der Waals surface area (Å²) in [7, 11) is 0. The van der Waals surface area contributed by atoms with Crippen LogP contribution in [-0.2, 0) is 85.3 Å². The average Bonchev–Trinajstić information content (AvgIpc) is 3.35. The number of hydrogen-bond acceptors (Lipinski definition) is 11. The van der Waals surface area contributed by atoms with Gasteiger partial charge in [-0.3, -0.25) is 9.59 Å². The summed E-state index contributed by atoms with van der Waals surface area (Å²) in [5.41, 5.74) is 4.70. The third-order valence-electron chi connectivity index (χ3n) is 11.3. The van der Waals surface area contributed by atoms with E-state index in [-0.39, 0.29) is 51.5 Å². The number of rotatable bonds is 23. The summed E-state index contributed by atoms with van der Waals surface area (Å²) < 4.78 is 60.4. The molecular formula is C54H62N2O11. The van der Waals surface area contributed by atoms with Crippen LogP contribution >= 0.6 is 0 Å². The van der Waals surface area contributed by atoms with E-state index in [0.717, 1.165) is 27.8 Å². The highest BCUT2D eigenvalue weighted by atomic mass is 16.7. The molecular weight excluding hydrogens is 853 g/mol. The van der Waals surface area contributed by atoms with Crippen LogP contribution in [0.5, 0.6) is 0 Å². The summed E-state index contributed by atoms with van der Waals surface area (Å²) >= 11 is 0. The average molecular weight is 915 g/mol. The van der Waals surface area contributed by atoms with Crippen molar-refractivity contribution in [2.75, 3.05) is 13.2 Å². The van der Waals surface area contributed by atoms with Gasteiger partial charge >= 0.3 is 0 Å². The van der Waals surface area contributed by atoms with E-state index in [1.807, 2.05) is 159 Å². The van der Waals surface area contributed by atoms with Crippen molar-refractivity contribution in [3.63, 3.8) is 0 Å². The van der Waals surface area contributed by atoms with Crippen LogP contribution in [0.15, 0.2) is 164 Å². The zero-order valence-corrected chi connectivity index (χ0v) is 38.3. The molecule has 0 radical (unpaired) electrons. The van der Waals surface area contributed by atoms with Gasteiger partial charge in [0.15, 0.2) is 6.29 Å². The van der Waals surface area contributed by atoms with Crippen LogP contribution in [0.4, 0.5) is 0 Å². The Bertz CT molecular complexity index is 2220. The smallest absolute Gasteiger partial charge is 0.222 e. The Hall–Kier alpha value is -5.74. The normalized spacial score (nSPS) is 25.1. The van der Waals surface area contributed by atoms with E-state index < -0.39 is 61.3 Å². The molecule has 2 saturated heterocycles. The summed E-state index contributed by atoms with van der Waals surface area (Å²) in [6.45, 7) is 5.96. The predicted molar refractivity (Wildman–Crippen MR) is 251 cm³/mol. The second-order valence-electron chi connectivity index (χ2n) is 16.5. The van der Waals surface area contributed by atoms with Crippen LogP contribution in [-0.4, -0.2) is 86.3 Å². The molecule has 7 rings (SSSR count). The number of benzene rings is 5. The van der Waals surface area contributed by atoms with E-state index in [4.69, 9.17) is 42.6 Å². The second kappa shape index (κ2) is 26.0. The molecule has 0 aliphatic carbocycles. The first kappa shape index (κ1) is 49.2. The van der Waals surface area contributed by atoms with E-state index in [9.17, 15) is 9.59 Å². The Morgan fingerprint density at radius 3 is 1.22 bits per heavy atom. The van der Waals surface area contributed by atoms with E-state index in [2.05, 4.69) is 10.6 Å². The molecule has 2 aliphatic rings. The third-order valence-corrected chi connectivity index (χ3v) is 11.3. The Labute approximate surface area is 393 Å². The van der Waals surface area contributed by atoms with Gasteiger partial charge in [-0.15, -0.1) is 0 Å². The van der Waals surface area contributed by atoms with Crippen molar-refractivity contribution in [3.8, 4) is 0 Å². The van der Waals surface area contributed by atoms with Gasteiger partial charge in [-0.2, -0.15) is 0 Å². The van der Waals surface area contributed by atoms with Crippen molar-refractivity contribution in [2.24, 2.45) is 0 Å².